The number of ether oxygens (including phenoxy) is 4. The lowest BCUT2D eigenvalue weighted by molar-refractivity contribution is 0.297. The minimum Gasteiger partial charge on any atom is -0.493 e. The fourth-order valence-electron chi connectivity index (χ4n) is 16.5. The van der Waals surface area contributed by atoms with Crippen molar-refractivity contribution in [2.24, 2.45) is 28.2 Å². The topological polar surface area (TPSA) is 489 Å². The molecule has 0 spiro atoms. The van der Waals surface area contributed by atoms with E-state index in [1.165, 1.54) is 87.5 Å². The molecule has 0 bridgehead atoms. The highest BCUT2D eigenvalue weighted by Crippen LogP contribution is 2.38. The van der Waals surface area contributed by atoms with Crippen LogP contribution in [-0.2, 0) is 93.9 Å². The molecule has 4 fully saturated rings. The lowest BCUT2D eigenvalue weighted by Gasteiger charge is -2.19. The first kappa shape index (κ1) is 70.7. The number of nitrogens with zero attached hydrogens (tertiary/aromatic N) is 16. The van der Waals surface area contributed by atoms with E-state index in [9.17, 15) is 52.8 Å². The number of nitrogens with one attached hydrogen (secondary N) is 8. The van der Waals surface area contributed by atoms with E-state index in [2.05, 4.69) is 74.4 Å². The molecule has 8 N–H and O–H groups in total. The highest BCUT2D eigenvalue weighted by molar-refractivity contribution is 7.90. The van der Waals surface area contributed by atoms with Crippen LogP contribution in [0, 0.1) is 0 Å². The van der Waals surface area contributed by atoms with Crippen molar-refractivity contribution in [3.05, 3.63) is 137 Å². The molecule has 12 heterocycles. The fourth-order valence-corrected chi connectivity index (χ4v) is 20.0. The zero-order valence-corrected chi connectivity index (χ0v) is 84.7. The first-order chi connectivity index (χ1) is 82.6. The molecule has 0 radical (unpaired) electrons. The van der Waals surface area contributed by atoms with E-state index in [4.69, 9.17) is 68.3 Å². The number of hydrogen-bond donors (Lipinski definition) is 8. The van der Waals surface area contributed by atoms with Gasteiger partial charge in [-0.2, -0.15) is 20.4 Å². The van der Waals surface area contributed by atoms with Gasteiger partial charge in [-0.15, -0.1) is 0 Å². The lowest BCUT2D eigenvalue weighted by atomic mass is 10.1. The Bertz CT molecular complexity index is 8970. The third kappa shape index (κ3) is 26.5. The van der Waals surface area contributed by atoms with E-state index >= 15 is 0 Å². The zero-order valence-electron chi connectivity index (χ0n) is 117. The van der Waals surface area contributed by atoms with E-state index in [0.717, 1.165) is 45.1 Å². The predicted molar refractivity (Wildman–Crippen MR) is 559 cm³/mol. The number of benzene rings is 4. The maximum atomic E-state index is 13.5. The highest BCUT2D eigenvalue weighted by Gasteiger charge is 2.32. The Balaban J connectivity index is 0.000000195. The molecule has 0 amide bonds. The molecule has 4 aromatic carbocycles. The quantitative estimate of drug-likeness (QED) is 0.0176. The van der Waals surface area contributed by atoms with Crippen LogP contribution >= 0.6 is 0 Å². The summed E-state index contributed by atoms with van der Waals surface area (Å²) in [4.78, 5) is 86.1. The molecule has 0 saturated carbocycles. The van der Waals surface area contributed by atoms with Crippen LogP contribution in [0.4, 0.5) is 0 Å². The largest absolute Gasteiger partial charge is 0.493 e. The summed E-state index contributed by atoms with van der Waals surface area (Å²) in [6.07, 6.45) is -22.0. The number of likely N-dealkylation sites (tertiary alicyclic amines) is 4. The molecule has 0 aliphatic carbocycles. The van der Waals surface area contributed by atoms with Crippen LogP contribution in [0.15, 0.2) is 112 Å². The molecule has 6 unspecified atom stereocenters. The molecule has 40 nitrogen and oxygen atoms in total. The average Bonchev–Trinajstić information content (AvgIpc) is 1.56. The summed E-state index contributed by atoms with van der Waals surface area (Å²) in [6.45, 7) is -9.28. The maximum Gasteiger partial charge on any atom is 0.277 e. The third-order valence-electron chi connectivity index (χ3n) is 23.8. The summed E-state index contributed by atoms with van der Waals surface area (Å²) in [5.41, 5.74) is -6.51. The molecule has 4 aliphatic rings. The van der Waals surface area contributed by atoms with Crippen LogP contribution in [0.2, 0.25) is 0 Å². The maximum absolute atomic E-state index is 13.5. The van der Waals surface area contributed by atoms with Gasteiger partial charge in [-0.3, -0.25) is 37.9 Å². The van der Waals surface area contributed by atoms with Crippen molar-refractivity contribution in [2.45, 2.75) is 252 Å². The van der Waals surface area contributed by atoms with Gasteiger partial charge in [0, 0.05) is 128 Å². The van der Waals surface area contributed by atoms with E-state index in [1.807, 2.05) is 37.3 Å². The Kier molecular flexibility index (Phi) is 24.5. The number of aryl methyl sites for hydroxylation is 8. The molecule has 16 rings (SSSR count). The number of sulfonamides is 4. The van der Waals surface area contributed by atoms with Gasteiger partial charge in [-0.1, -0.05) is 80.6 Å². The van der Waals surface area contributed by atoms with Crippen molar-refractivity contribution in [2.75, 3.05) is 107 Å². The SMILES string of the molecule is [2H]C(NS(=O)(=O)c1ccc(OCCC)c(-c2nc3c(C([2H])([2H])C([2H])([2H])C([2H])([2H])[2H])nn(C)c3c(=O)[nH]2)c1)C([2H])([2H])C1CCCN1C.[2H]C(NS(=O)(=O)c1ccc(OCCC)c(-c2nc3c(CC([2H])([2H])C([2H])([2H])[2H])nn(C)c3c(=O)[nH]2)c1)C([2H])([2H])C1CCCN1C.[2H]C([2H])(CNS(=O)(=O)c1ccc(OCCC)c(-c2nc3c(C([2H])([2H])C([2H])([2H])C([2H])([2H])[2H])nn(C)c3c(=O)[nH]2)c1)C1CCCN1C.[2H]C([2H])([2H])C([2H])([2H])Cc1nn(C)c2c(=O)[nH]c(-c3cc(S(=O)(=O)NC([2H])([2H])C([2H])([2H])C4CCCN4C)ccc3OCCC)nc12. The standard InChI is InChI=1S/4C25H36N6O4S/c4*1-5-8-20-22-23(31(4)29-20)25(32)28-24(27-22)19-16-18(10-11-21(19)35-15-6-2)36(33,34)26-13-12-17-9-7-14-30(17)3/h4*10-11,16-17,26H,5-9,12-15H2,1-4H3,(H,27,28,32)/i1D3,5D2,8D2,12D2,13D;1D3,5D2,12D2,13D2;1D3,5D2,12D2,13D;1D3,5D2,8D2,12D2. The van der Waals surface area contributed by atoms with Gasteiger partial charge in [-0.05, 0) is 255 Å². The second-order valence-electron chi connectivity index (χ2n) is 34.1. The van der Waals surface area contributed by atoms with Gasteiger partial charge in [0.2, 0.25) is 40.1 Å². The molecule has 4 aliphatic heterocycles. The van der Waals surface area contributed by atoms with Gasteiger partial charge < -0.3 is 58.5 Å². The number of rotatable bonds is 44. The van der Waals surface area contributed by atoms with Crippen molar-refractivity contribution < 1.29 is 102 Å². The minimum absolute atomic E-state index is 0.0157. The van der Waals surface area contributed by atoms with Crippen molar-refractivity contribution >= 4 is 84.2 Å². The van der Waals surface area contributed by atoms with E-state index in [0.29, 0.717) is 90.4 Å². The van der Waals surface area contributed by atoms with E-state index < -0.39 is 249 Å². The molecule has 144 heavy (non-hydrogen) atoms. The van der Waals surface area contributed by atoms with Crippen molar-refractivity contribution in [3.63, 3.8) is 0 Å². The van der Waals surface area contributed by atoms with Crippen LogP contribution in [0.5, 0.6) is 23.0 Å². The van der Waals surface area contributed by atoms with Crippen molar-refractivity contribution in [1.82, 2.24) is 117 Å². The smallest absolute Gasteiger partial charge is 0.277 e. The summed E-state index contributed by atoms with van der Waals surface area (Å²) in [5.74, 6) is -0.435. The predicted octanol–water partition coefficient (Wildman–Crippen LogP) is 11.3. The van der Waals surface area contributed by atoms with Crippen LogP contribution in [0.25, 0.3) is 89.7 Å². The van der Waals surface area contributed by atoms with Crippen LogP contribution in [0.1, 0.15) is 255 Å². The second kappa shape index (κ2) is 49.9. The van der Waals surface area contributed by atoms with Crippen molar-refractivity contribution in [1.29, 1.82) is 0 Å². The van der Waals surface area contributed by atoms with Crippen LogP contribution < -0.4 is 60.1 Å². The number of hydrogen-bond acceptors (Lipinski definition) is 28. The Hall–Kier alpha value is -11.0. The van der Waals surface area contributed by atoms with Crippen LogP contribution in [-0.4, -0.2) is 263 Å². The molecule has 6 atom stereocenters. The normalized spacial score (nSPS) is 22.3. The molecule has 12 aromatic rings. The van der Waals surface area contributed by atoms with E-state index in [1.54, 1.807) is 42.9 Å². The van der Waals surface area contributed by atoms with Crippen LogP contribution in [0.3, 0.4) is 0 Å². The monoisotopic (exact) mass is 2100 g/mol. The summed E-state index contributed by atoms with van der Waals surface area (Å²) in [5, 5.41) is 16.2. The Morgan fingerprint density at radius 2 is 0.632 bits per heavy atom. The second-order valence-corrected chi connectivity index (χ2v) is 41.0. The number of fused-ring (bicyclic) bond motifs is 4. The molecule has 44 heteroatoms. The first-order valence-electron chi connectivity index (χ1n) is 64.5. The highest BCUT2D eigenvalue weighted by atomic mass is 32.2. The molecule has 784 valence electrons. The van der Waals surface area contributed by atoms with Gasteiger partial charge in [0.25, 0.3) is 22.2 Å². The molecular formula is C100H144N24O16S4. The number of aromatic nitrogens is 16. The third-order valence-corrected chi connectivity index (χ3v) is 29.0. The summed E-state index contributed by atoms with van der Waals surface area (Å²) in [6, 6.07) is 12.0. The fraction of sp³-hybridized carbons (Fsp3) is 0.560. The van der Waals surface area contributed by atoms with E-state index in [-0.39, 0.29) is 149 Å². The minimum atomic E-state index is -4.70. The van der Waals surface area contributed by atoms with Crippen molar-refractivity contribution in [3.8, 4) is 68.5 Å². The van der Waals surface area contributed by atoms with Gasteiger partial charge in [0.15, 0.2) is 22.1 Å². The lowest BCUT2D eigenvalue weighted by Crippen LogP contribution is -2.31. The average molecular weight is 2100 g/mol. The van der Waals surface area contributed by atoms with Gasteiger partial charge in [0.05, 0.1) is 91.0 Å². The first-order valence-corrected chi connectivity index (χ1v) is 52.3. The van der Waals surface area contributed by atoms with Gasteiger partial charge in [0.1, 0.15) is 68.4 Å². The summed E-state index contributed by atoms with van der Waals surface area (Å²) >= 11 is 0. The zero-order chi connectivity index (χ0) is 135. The summed E-state index contributed by atoms with van der Waals surface area (Å²) in [7, 11) is -5.70. The number of aromatic amines is 4. The van der Waals surface area contributed by atoms with Gasteiger partial charge >= 0.3 is 0 Å². The summed E-state index contributed by atoms with van der Waals surface area (Å²) < 4.78 is 434. The molecule has 8 aromatic heterocycles. The molecule has 4 saturated heterocycles. The molecular weight excluding hydrogens is 1920 g/mol. The Labute approximate surface area is 893 Å². The number of H-pyrrole nitrogens is 4. The van der Waals surface area contributed by atoms with Gasteiger partial charge in [-0.25, -0.2) is 72.5 Å². The Morgan fingerprint density at radius 1 is 0.361 bits per heavy atom. The Morgan fingerprint density at radius 3 is 0.917 bits per heavy atom.